The third-order valence-corrected chi connectivity index (χ3v) is 6.96. The van der Waals surface area contributed by atoms with Crippen molar-refractivity contribution < 1.29 is 18.3 Å². The van der Waals surface area contributed by atoms with Crippen LogP contribution in [0.5, 0.6) is 0 Å². The zero-order valence-electron chi connectivity index (χ0n) is 17.7. The van der Waals surface area contributed by atoms with E-state index in [2.05, 4.69) is 15.8 Å². The van der Waals surface area contributed by atoms with E-state index in [1.54, 1.807) is 18.3 Å². The number of halogens is 1. The van der Waals surface area contributed by atoms with Crippen LogP contribution in [0.4, 0.5) is 0 Å². The highest BCUT2D eigenvalue weighted by Gasteiger charge is 2.17. The minimum atomic E-state index is -3.54. The molecule has 8 heteroatoms. The molecule has 0 aliphatic heterocycles. The second-order valence-corrected chi connectivity index (χ2v) is 9.90. The zero-order valence-corrected chi connectivity index (χ0v) is 19.2. The van der Waals surface area contributed by atoms with Gasteiger partial charge in [0.25, 0.3) is 0 Å². The first kappa shape index (κ1) is 25.3. The predicted molar refractivity (Wildman–Crippen MR) is 123 cm³/mol. The smallest absolute Gasteiger partial charge is 0.306 e. The molecule has 2 N–H and O–H groups in total. The van der Waals surface area contributed by atoms with E-state index in [-0.39, 0.29) is 10.8 Å². The molecule has 0 radical (unpaired) electrons. The molecule has 2 aromatic rings. The van der Waals surface area contributed by atoms with E-state index < -0.39 is 16.0 Å². The number of carboxylic acids is 1. The summed E-state index contributed by atoms with van der Waals surface area (Å²) in [4.78, 5) is 15.8. The largest absolute Gasteiger partial charge is 0.481 e. The van der Waals surface area contributed by atoms with E-state index in [1.807, 2.05) is 12.3 Å². The van der Waals surface area contributed by atoms with Crippen molar-refractivity contribution in [2.24, 2.45) is 5.92 Å². The summed E-state index contributed by atoms with van der Waals surface area (Å²) >= 11 is 5.78. The van der Waals surface area contributed by atoms with Gasteiger partial charge in [0.2, 0.25) is 10.0 Å². The molecule has 31 heavy (non-hydrogen) atoms. The quantitative estimate of drug-likeness (QED) is 0.357. The SMILES string of the molecule is O=C(O)C(CCCCCNS(=O)(=O)c1ccc(Cl)cc1)CCCCCc1cccnc1. The van der Waals surface area contributed by atoms with Gasteiger partial charge in [0.1, 0.15) is 0 Å². The number of aromatic nitrogens is 1. The average molecular weight is 467 g/mol. The Kier molecular flexibility index (Phi) is 11.0. The van der Waals surface area contributed by atoms with Crippen LogP contribution >= 0.6 is 11.6 Å². The lowest BCUT2D eigenvalue weighted by Crippen LogP contribution is -2.24. The Morgan fingerprint density at radius 1 is 1.00 bits per heavy atom. The lowest BCUT2D eigenvalue weighted by Gasteiger charge is -2.12. The minimum absolute atomic E-state index is 0.186. The molecule has 0 saturated heterocycles. The van der Waals surface area contributed by atoms with Gasteiger partial charge in [-0.2, -0.15) is 0 Å². The number of sulfonamides is 1. The fourth-order valence-electron chi connectivity index (χ4n) is 3.43. The van der Waals surface area contributed by atoms with Crippen molar-refractivity contribution in [1.29, 1.82) is 0 Å². The van der Waals surface area contributed by atoms with Crippen LogP contribution < -0.4 is 4.72 Å². The van der Waals surface area contributed by atoms with Crippen LogP contribution in [-0.4, -0.2) is 31.0 Å². The molecular weight excluding hydrogens is 436 g/mol. The minimum Gasteiger partial charge on any atom is -0.481 e. The molecule has 2 rings (SSSR count). The maximum atomic E-state index is 12.2. The van der Waals surface area contributed by atoms with Gasteiger partial charge in [0, 0.05) is 24.0 Å². The lowest BCUT2D eigenvalue weighted by molar-refractivity contribution is -0.142. The van der Waals surface area contributed by atoms with E-state index in [1.165, 1.54) is 17.7 Å². The van der Waals surface area contributed by atoms with E-state index in [4.69, 9.17) is 11.6 Å². The van der Waals surface area contributed by atoms with Gasteiger partial charge < -0.3 is 5.11 Å². The summed E-state index contributed by atoms with van der Waals surface area (Å²) in [5, 5.41) is 9.94. The van der Waals surface area contributed by atoms with E-state index in [9.17, 15) is 18.3 Å². The highest BCUT2D eigenvalue weighted by atomic mass is 35.5. The first-order valence-electron chi connectivity index (χ1n) is 10.8. The Balaban J connectivity index is 1.58. The molecule has 6 nitrogen and oxygen atoms in total. The number of rotatable bonds is 15. The normalized spacial score (nSPS) is 12.5. The van der Waals surface area contributed by atoms with Gasteiger partial charge in [-0.1, -0.05) is 43.4 Å². The molecule has 0 aliphatic rings. The van der Waals surface area contributed by atoms with E-state index in [0.717, 1.165) is 38.5 Å². The second-order valence-electron chi connectivity index (χ2n) is 7.70. The number of carbonyl (C=O) groups is 1. The van der Waals surface area contributed by atoms with Crippen LogP contribution in [0.25, 0.3) is 0 Å². The zero-order chi connectivity index (χ0) is 22.5. The summed E-state index contributed by atoms with van der Waals surface area (Å²) in [5.74, 6) is -1.07. The molecule has 0 saturated carbocycles. The van der Waals surface area contributed by atoms with Crippen molar-refractivity contribution >= 4 is 27.6 Å². The summed E-state index contributed by atoms with van der Waals surface area (Å²) in [6.45, 7) is 0.330. The second kappa shape index (κ2) is 13.5. The van der Waals surface area contributed by atoms with E-state index >= 15 is 0 Å². The summed E-state index contributed by atoms with van der Waals surface area (Å²) in [6.07, 6.45) is 11.1. The molecule has 1 unspecified atom stereocenters. The molecule has 1 heterocycles. The van der Waals surface area contributed by atoms with Gasteiger partial charge in [-0.3, -0.25) is 9.78 Å². The molecule has 1 atom stereocenters. The summed E-state index contributed by atoms with van der Waals surface area (Å²) in [6, 6.07) is 10.0. The lowest BCUT2D eigenvalue weighted by atomic mass is 9.94. The number of benzene rings is 1. The van der Waals surface area contributed by atoms with Crippen LogP contribution in [0.3, 0.4) is 0 Å². The standard InChI is InChI=1S/C23H31ClN2O4S/c24-21-12-14-22(15-13-21)31(29,30)26-17-6-2-5-11-20(23(27)28)10-4-1-3-8-19-9-7-16-25-18-19/h7,9,12-16,18,20,26H,1-6,8,10-11,17H2,(H,27,28). The highest BCUT2D eigenvalue weighted by molar-refractivity contribution is 7.89. The third-order valence-electron chi connectivity index (χ3n) is 5.24. The van der Waals surface area contributed by atoms with Crippen LogP contribution in [0.15, 0.2) is 53.7 Å². The Morgan fingerprint density at radius 3 is 2.29 bits per heavy atom. The van der Waals surface area contributed by atoms with Crippen molar-refractivity contribution in [3.8, 4) is 0 Å². The number of carboxylic acid groups (broad SMARTS) is 1. The Morgan fingerprint density at radius 2 is 1.68 bits per heavy atom. The molecule has 0 amide bonds. The maximum absolute atomic E-state index is 12.2. The Hall–Kier alpha value is -1.96. The van der Waals surface area contributed by atoms with Crippen molar-refractivity contribution in [2.75, 3.05) is 6.54 Å². The van der Waals surface area contributed by atoms with E-state index in [0.29, 0.717) is 30.8 Å². The molecule has 0 spiro atoms. The van der Waals surface area contributed by atoms with Gasteiger partial charge in [-0.25, -0.2) is 13.1 Å². The fraction of sp³-hybridized carbons (Fsp3) is 0.478. The number of aliphatic carboxylic acids is 1. The first-order valence-corrected chi connectivity index (χ1v) is 12.6. The number of nitrogens with one attached hydrogen (secondary N) is 1. The van der Waals surface area contributed by atoms with Gasteiger partial charge in [-0.15, -0.1) is 0 Å². The summed E-state index contributed by atoms with van der Waals surface area (Å²) in [7, 11) is -3.54. The number of hydrogen-bond acceptors (Lipinski definition) is 4. The highest BCUT2D eigenvalue weighted by Crippen LogP contribution is 2.19. The number of unbranched alkanes of at least 4 members (excludes halogenated alkanes) is 4. The molecule has 0 fully saturated rings. The molecule has 1 aromatic carbocycles. The topological polar surface area (TPSA) is 96.4 Å². The van der Waals surface area contributed by atoms with Gasteiger partial charge in [-0.05, 0) is 68.0 Å². The number of hydrogen-bond donors (Lipinski definition) is 2. The monoisotopic (exact) mass is 466 g/mol. The number of aryl methyl sites for hydroxylation is 1. The molecule has 0 aliphatic carbocycles. The van der Waals surface area contributed by atoms with Crippen molar-refractivity contribution in [2.45, 2.75) is 62.7 Å². The van der Waals surface area contributed by atoms with Crippen molar-refractivity contribution in [1.82, 2.24) is 9.71 Å². The van der Waals surface area contributed by atoms with Gasteiger partial charge >= 0.3 is 5.97 Å². The van der Waals surface area contributed by atoms with Crippen molar-refractivity contribution in [3.05, 3.63) is 59.4 Å². The molecule has 0 bridgehead atoms. The van der Waals surface area contributed by atoms with Crippen molar-refractivity contribution in [3.63, 3.8) is 0 Å². The summed E-state index contributed by atoms with van der Waals surface area (Å²) in [5.41, 5.74) is 1.21. The molecule has 1 aromatic heterocycles. The Bertz CT molecular complexity index is 890. The Labute approximate surface area is 190 Å². The van der Waals surface area contributed by atoms with Gasteiger partial charge in [0.15, 0.2) is 0 Å². The fourth-order valence-corrected chi connectivity index (χ4v) is 4.63. The third kappa shape index (κ3) is 9.80. The maximum Gasteiger partial charge on any atom is 0.306 e. The van der Waals surface area contributed by atoms with Crippen LogP contribution in [0, 0.1) is 5.92 Å². The first-order chi connectivity index (χ1) is 14.9. The average Bonchev–Trinajstić information content (AvgIpc) is 2.75. The predicted octanol–water partition coefficient (Wildman–Crippen LogP) is 5.08. The van der Waals surface area contributed by atoms with Crippen LogP contribution in [0.2, 0.25) is 5.02 Å². The molecule has 170 valence electrons. The van der Waals surface area contributed by atoms with Gasteiger partial charge in [0.05, 0.1) is 10.8 Å². The number of nitrogens with zero attached hydrogens (tertiary/aromatic N) is 1. The van der Waals surface area contributed by atoms with Crippen LogP contribution in [-0.2, 0) is 21.2 Å². The molecular formula is C23H31ClN2O4S. The summed E-state index contributed by atoms with van der Waals surface area (Å²) < 4.78 is 27.0. The number of pyridine rings is 1. The van der Waals surface area contributed by atoms with Crippen LogP contribution in [0.1, 0.15) is 56.9 Å².